The van der Waals surface area contributed by atoms with Crippen molar-refractivity contribution in [2.24, 2.45) is 0 Å². The van der Waals surface area contributed by atoms with Gasteiger partial charge in [0.25, 0.3) is 0 Å². The lowest BCUT2D eigenvalue weighted by atomic mass is 9.89. The average Bonchev–Trinajstić information content (AvgIpc) is 3.17. The molecule has 2 aliphatic rings. The van der Waals surface area contributed by atoms with E-state index in [9.17, 15) is 23.2 Å². The van der Waals surface area contributed by atoms with Gasteiger partial charge in [-0.1, -0.05) is 18.2 Å². The summed E-state index contributed by atoms with van der Waals surface area (Å²) >= 11 is 0. The summed E-state index contributed by atoms with van der Waals surface area (Å²) in [5, 5.41) is 5.58. The smallest absolute Gasteiger partial charge is 0.419 e. The van der Waals surface area contributed by atoms with E-state index in [1.54, 1.807) is 6.92 Å². The van der Waals surface area contributed by atoms with Crippen molar-refractivity contribution in [1.82, 2.24) is 15.1 Å². The summed E-state index contributed by atoms with van der Waals surface area (Å²) < 4.78 is 32.3. The van der Waals surface area contributed by atoms with Crippen LogP contribution in [0.25, 0.3) is 0 Å². The summed E-state index contributed by atoms with van der Waals surface area (Å²) in [5.41, 5.74) is 2.32. The van der Waals surface area contributed by atoms with E-state index in [-0.39, 0.29) is 11.5 Å². The predicted octanol–water partition coefficient (Wildman–Crippen LogP) is 4.78. The van der Waals surface area contributed by atoms with Gasteiger partial charge in [0, 0.05) is 19.2 Å². The Labute approximate surface area is 214 Å². The van der Waals surface area contributed by atoms with Crippen molar-refractivity contribution in [2.45, 2.75) is 51.2 Å². The number of hydrogen-bond donors (Lipinski definition) is 2. The molecule has 2 saturated heterocycles. The van der Waals surface area contributed by atoms with E-state index in [1.165, 1.54) is 18.6 Å². The quantitative estimate of drug-likeness (QED) is 0.519. The molecule has 2 aliphatic heterocycles. The highest BCUT2D eigenvalue weighted by Gasteiger charge is 2.44. The number of cyclic esters (lactones) is 1. The fourth-order valence-corrected chi connectivity index (χ4v) is 5.08. The van der Waals surface area contributed by atoms with Crippen molar-refractivity contribution in [1.29, 1.82) is 0 Å². The minimum atomic E-state index is -1.05. The van der Waals surface area contributed by atoms with Gasteiger partial charge >= 0.3 is 12.1 Å². The zero-order chi connectivity index (χ0) is 26.5. The van der Waals surface area contributed by atoms with Crippen LogP contribution in [0.1, 0.15) is 56.2 Å². The number of carbonyl (C=O) groups is 3. The zero-order valence-electron chi connectivity index (χ0n) is 21.0. The number of rotatable bonds is 7. The topological polar surface area (TPSA) is 91.0 Å². The number of ether oxygens (including phenoxy) is 1. The maximum Gasteiger partial charge on any atom is 0.419 e. The highest BCUT2D eigenvalue weighted by Crippen LogP contribution is 2.34. The van der Waals surface area contributed by atoms with Gasteiger partial charge in [-0.15, -0.1) is 0 Å². The van der Waals surface area contributed by atoms with Crippen molar-refractivity contribution < 1.29 is 27.9 Å². The molecule has 198 valence electrons. The third kappa shape index (κ3) is 6.43. The van der Waals surface area contributed by atoms with Crippen LogP contribution in [0, 0.1) is 11.6 Å². The molecule has 1 unspecified atom stereocenters. The number of nitrogens with one attached hydrogen (secondary N) is 2. The summed E-state index contributed by atoms with van der Waals surface area (Å²) in [6.45, 7) is 6.12. The molecule has 4 amide bonds. The summed E-state index contributed by atoms with van der Waals surface area (Å²) in [5.74, 6) is -1.70. The summed E-state index contributed by atoms with van der Waals surface area (Å²) in [4.78, 5) is 39.7. The van der Waals surface area contributed by atoms with Crippen LogP contribution in [-0.4, -0.2) is 60.1 Å². The van der Waals surface area contributed by atoms with Gasteiger partial charge in [0.15, 0.2) is 11.6 Å². The lowest BCUT2D eigenvalue weighted by molar-refractivity contribution is -0.114. The molecule has 8 nitrogen and oxygen atoms in total. The van der Waals surface area contributed by atoms with Crippen molar-refractivity contribution >= 4 is 23.7 Å². The summed E-state index contributed by atoms with van der Waals surface area (Å²) in [6, 6.07) is 9.82. The second-order valence-corrected chi connectivity index (χ2v) is 9.59. The number of halogens is 2. The van der Waals surface area contributed by atoms with E-state index in [0.717, 1.165) is 55.2 Å². The molecular weight excluding hydrogens is 482 g/mol. The number of anilines is 1. The molecule has 37 heavy (non-hydrogen) atoms. The number of piperidine rings is 1. The molecule has 4 rings (SSSR count). The molecule has 0 saturated carbocycles. The number of imide groups is 1. The van der Waals surface area contributed by atoms with Crippen molar-refractivity contribution in [2.75, 3.05) is 31.5 Å². The Kier molecular flexibility index (Phi) is 8.38. The highest BCUT2D eigenvalue weighted by atomic mass is 19.2. The largest absolute Gasteiger partial charge is 0.443 e. The predicted molar refractivity (Wildman–Crippen MR) is 134 cm³/mol. The fourth-order valence-electron chi connectivity index (χ4n) is 5.08. The van der Waals surface area contributed by atoms with E-state index in [4.69, 9.17) is 4.74 Å². The van der Waals surface area contributed by atoms with Gasteiger partial charge in [-0.2, -0.15) is 0 Å². The van der Waals surface area contributed by atoms with Crippen LogP contribution < -0.4 is 10.6 Å². The van der Waals surface area contributed by atoms with Gasteiger partial charge in [-0.3, -0.25) is 4.79 Å². The molecule has 2 N–H and O–H groups in total. The second-order valence-electron chi connectivity index (χ2n) is 9.59. The minimum Gasteiger partial charge on any atom is -0.443 e. The van der Waals surface area contributed by atoms with E-state index >= 15 is 0 Å². The molecular formula is C27H32F2N4O4. The normalized spacial score (nSPS) is 20.5. The maximum absolute atomic E-state index is 13.8. The molecule has 0 bridgehead atoms. The van der Waals surface area contributed by atoms with Crippen LogP contribution >= 0.6 is 0 Å². The molecule has 2 heterocycles. The molecule has 0 aromatic heterocycles. The lowest BCUT2D eigenvalue weighted by Crippen LogP contribution is -2.43. The molecule has 2 aromatic carbocycles. The van der Waals surface area contributed by atoms with Gasteiger partial charge in [0.1, 0.15) is 12.1 Å². The standard InChI is InChI=1S/C27H32F2N4O4/c1-17-25(21-7-8-23(28)24(29)16-21)33(27(36)37-17)26(35)30-11-4-12-32-13-9-19(10-14-32)20-5-3-6-22(15-20)31-18(2)34/h3,5-8,15-17,19,25H,4,9-14H2,1-2H3,(H,30,35)(H,31,34)/t17?,25-/m1/s1. The number of nitrogens with zero attached hydrogens (tertiary/aromatic N) is 2. The van der Waals surface area contributed by atoms with Gasteiger partial charge in [-0.25, -0.2) is 23.3 Å². The molecule has 2 aromatic rings. The number of urea groups is 1. The third-order valence-corrected chi connectivity index (χ3v) is 6.90. The Bertz CT molecular complexity index is 1150. The Morgan fingerprint density at radius 1 is 1.05 bits per heavy atom. The van der Waals surface area contributed by atoms with E-state index < -0.39 is 35.9 Å². The number of hydrogen-bond acceptors (Lipinski definition) is 5. The van der Waals surface area contributed by atoms with Crippen LogP contribution in [0.2, 0.25) is 0 Å². The maximum atomic E-state index is 13.8. The number of carbonyl (C=O) groups excluding carboxylic acids is 3. The fraction of sp³-hybridized carbons (Fsp3) is 0.444. The summed E-state index contributed by atoms with van der Waals surface area (Å²) in [6.07, 6.45) is 1.20. The first-order valence-corrected chi connectivity index (χ1v) is 12.6. The first kappa shape index (κ1) is 26.5. The van der Waals surface area contributed by atoms with Crippen molar-refractivity contribution in [3.05, 3.63) is 65.2 Å². The Hall–Kier alpha value is -3.53. The highest BCUT2D eigenvalue weighted by molar-refractivity contribution is 5.93. The average molecular weight is 515 g/mol. The third-order valence-electron chi connectivity index (χ3n) is 6.90. The SMILES string of the molecule is CC(=O)Nc1cccc(C2CCN(CCCNC(=O)N3C(=O)OC(C)[C@@H]3c3ccc(F)c(F)c3)CC2)c1. The molecule has 0 radical (unpaired) electrons. The first-order valence-electron chi connectivity index (χ1n) is 12.6. The van der Waals surface area contributed by atoms with Crippen LogP contribution in [0.5, 0.6) is 0 Å². The molecule has 0 spiro atoms. The molecule has 2 fully saturated rings. The minimum absolute atomic E-state index is 0.0879. The van der Waals surface area contributed by atoms with Crippen LogP contribution in [0.4, 0.5) is 24.1 Å². The van der Waals surface area contributed by atoms with Crippen molar-refractivity contribution in [3.63, 3.8) is 0 Å². The molecule has 2 atom stereocenters. The number of amides is 4. The summed E-state index contributed by atoms with van der Waals surface area (Å²) in [7, 11) is 0. The van der Waals surface area contributed by atoms with Crippen LogP contribution in [0.3, 0.4) is 0 Å². The van der Waals surface area contributed by atoms with Gasteiger partial charge in [0.2, 0.25) is 5.91 Å². The van der Waals surface area contributed by atoms with Crippen LogP contribution in [-0.2, 0) is 9.53 Å². The molecule has 0 aliphatic carbocycles. The monoisotopic (exact) mass is 514 g/mol. The number of benzene rings is 2. The molecule has 10 heteroatoms. The Balaban J connectivity index is 1.23. The van der Waals surface area contributed by atoms with Gasteiger partial charge < -0.3 is 20.3 Å². The van der Waals surface area contributed by atoms with Gasteiger partial charge in [-0.05, 0) is 87.1 Å². The zero-order valence-corrected chi connectivity index (χ0v) is 21.0. The van der Waals surface area contributed by atoms with Crippen LogP contribution in [0.15, 0.2) is 42.5 Å². The lowest BCUT2D eigenvalue weighted by Gasteiger charge is -2.32. The Morgan fingerprint density at radius 2 is 1.81 bits per heavy atom. The van der Waals surface area contributed by atoms with Crippen molar-refractivity contribution in [3.8, 4) is 0 Å². The van der Waals surface area contributed by atoms with E-state index in [1.807, 2.05) is 18.2 Å². The van der Waals surface area contributed by atoms with E-state index in [2.05, 4.69) is 21.6 Å². The Morgan fingerprint density at radius 3 is 2.51 bits per heavy atom. The number of likely N-dealkylation sites (tertiary alicyclic amines) is 1. The first-order chi connectivity index (χ1) is 17.7. The second kappa shape index (κ2) is 11.7. The van der Waals surface area contributed by atoms with Gasteiger partial charge in [0.05, 0.1) is 0 Å². The van der Waals surface area contributed by atoms with E-state index in [0.29, 0.717) is 18.9 Å².